The molecule has 11 heteroatoms. The Labute approximate surface area is 162 Å². The zero-order valence-electron chi connectivity index (χ0n) is 14.3. The highest BCUT2D eigenvalue weighted by Gasteiger charge is 2.19. The van der Waals surface area contributed by atoms with Gasteiger partial charge >= 0.3 is 6.03 Å². The molecule has 0 aliphatic rings. The van der Waals surface area contributed by atoms with E-state index < -0.39 is 17.9 Å². The first-order valence-electron chi connectivity index (χ1n) is 7.77. The van der Waals surface area contributed by atoms with E-state index in [1.807, 2.05) is 0 Å². The molecule has 0 unspecified atom stereocenters. The van der Waals surface area contributed by atoms with Crippen LogP contribution in [0.15, 0.2) is 41.4 Å². The second kappa shape index (κ2) is 8.08. The summed E-state index contributed by atoms with van der Waals surface area (Å²) in [6, 6.07) is 3.10. The molecule has 0 fully saturated rings. The number of rotatable bonds is 5. The quantitative estimate of drug-likeness (QED) is 0.637. The van der Waals surface area contributed by atoms with Crippen LogP contribution in [-0.2, 0) is 0 Å². The third-order valence-corrected chi connectivity index (χ3v) is 4.16. The zero-order chi connectivity index (χ0) is 19.4. The topological polar surface area (TPSA) is 107 Å². The minimum absolute atomic E-state index is 0.0207. The molecule has 0 aliphatic heterocycles. The molecule has 0 saturated heterocycles. The van der Waals surface area contributed by atoms with Gasteiger partial charge in [0.1, 0.15) is 17.9 Å². The fraction of sp³-hybridized carbons (Fsp3) is 0.188. The number of hydrogen-bond acceptors (Lipinski definition) is 6. The molecule has 0 bridgehead atoms. The third kappa shape index (κ3) is 4.19. The first-order chi connectivity index (χ1) is 13.0. The first-order valence-corrected chi connectivity index (χ1v) is 8.56. The van der Waals surface area contributed by atoms with E-state index in [0.29, 0.717) is 22.0 Å². The Kier molecular flexibility index (Phi) is 5.60. The van der Waals surface area contributed by atoms with Crippen LogP contribution >= 0.6 is 15.9 Å². The standard InChI is InChI=1S/C16H15BrFN7O2/c1-9(14-21-8-22-25(14)15-19-4-3-5-20-15)23-16(26)24-12-7-13(27-2)10(17)6-11(12)18/h3-9H,1-2H3,(H2,23,24,26)/t9-/m0/s1. The number of benzene rings is 1. The Hall–Kier alpha value is -3.08. The fourth-order valence-corrected chi connectivity index (χ4v) is 2.78. The summed E-state index contributed by atoms with van der Waals surface area (Å²) >= 11 is 3.18. The van der Waals surface area contributed by atoms with Gasteiger partial charge in [0.15, 0.2) is 5.82 Å². The van der Waals surface area contributed by atoms with Gasteiger partial charge in [-0.05, 0) is 35.0 Å². The number of carbonyl (C=O) groups is 1. The Morgan fingerprint density at radius 1 is 1.30 bits per heavy atom. The normalized spacial score (nSPS) is 11.7. The fourth-order valence-electron chi connectivity index (χ4n) is 2.30. The lowest BCUT2D eigenvalue weighted by Gasteiger charge is -2.15. The molecule has 3 aromatic rings. The van der Waals surface area contributed by atoms with Gasteiger partial charge in [0.25, 0.3) is 5.95 Å². The molecule has 0 saturated carbocycles. The predicted octanol–water partition coefficient (Wildman–Crippen LogP) is 2.85. The molecule has 2 N–H and O–H groups in total. The van der Waals surface area contributed by atoms with Gasteiger partial charge in [-0.25, -0.2) is 24.1 Å². The van der Waals surface area contributed by atoms with Crippen molar-refractivity contribution < 1.29 is 13.9 Å². The Balaban J connectivity index is 1.73. The van der Waals surface area contributed by atoms with Gasteiger partial charge in [-0.15, -0.1) is 0 Å². The van der Waals surface area contributed by atoms with E-state index in [4.69, 9.17) is 4.74 Å². The smallest absolute Gasteiger partial charge is 0.319 e. The van der Waals surface area contributed by atoms with Gasteiger partial charge in [-0.2, -0.15) is 9.78 Å². The van der Waals surface area contributed by atoms with Crippen LogP contribution in [0.5, 0.6) is 5.75 Å². The van der Waals surface area contributed by atoms with Crippen LogP contribution in [0.2, 0.25) is 0 Å². The highest BCUT2D eigenvalue weighted by Crippen LogP contribution is 2.30. The monoisotopic (exact) mass is 435 g/mol. The number of carbonyl (C=O) groups excluding carboxylic acids is 1. The van der Waals surface area contributed by atoms with Crippen molar-refractivity contribution in [2.24, 2.45) is 0 Å². The maximum atomic E-state index is 14.1. The highest BCUT2D eigenvalue weighted by molar-refractivity contribution is 9.10. The van der Waals surface area contributed by atoms with E-state index in [1.54, 1.807) is 25.4 Å². The third-order valence-electron chi connectivity index (χ3n) is 3.54. The number of ether oxygens (including phenoxy) is 1. The lowest BCUT2D eigenvalue weighted by molar-refractivity contribution is 0.248. The summed E-state index contributed by atoms with van der Waals surface area (Å²) in [6.45, 7) is 1.71. The van der Waals surface area contributed by atoms with E-state index in [2.05, 4.69) is 46.6 Å². The summed E-state index contributed by atoms with van der Waals surface area (Å²) in [5.74, 6) is 0.528. The Morgan fingerprint density at radius 2 is 2.04 bits per heavy atom. The molecule has 2 heterocycles. The maximum absolute atomic E-state index is 14.1. The van der Waals surface area contributed by atoms with Crippen molar-refractivity contribution in [2.75, 3.05) is 12.4 Å². The molecule has 3 rings (SSSR count). The number of aromatic nitrogens is 5. The first kappa shape index (κ1) is 18.7. The van der Waals surface area contributed by atoms with E-state index in [1.165, 1.54) is 30.3 Å². The van der Waals surface area contributed by atoms with Crippen molar-refractivity contribution in [3.63, 3.8) is 0 Å². The van der Waals surface area contributed by atoms with Crippen LogP contribution < -0.4 is 15.4 Å². The average Bonchev–Trinajstić information content (AvgIpc) is 3.14. The van der Waals surface area contributed by atoms with E-state index in [-0.39, 0.29) is 5.69 Å². The summed E-state index contributed by atoms with van der Waals surface area (Å²) < 4.78 is 21.0. The number of anilines is 1. The maximum Gasteiger partial charge on any atom is 0.319 e. The van der Waals surface area contributed by atoms with E-state index in [0.717, 1.165) is 0 Å². The minimum atomic E-state index is -0.616. The summed E-state index contributed by atoms with van der Waals surface area (Å²) in [5.41, 5.74) is -0.0207. The summed E-state index contributed by atoms with van der Waals surface area (Å²) in [4.78, 5) is 24.6. The number of nitrogens with zero attached hydrogens (tertiary/aromatic N) is 5. The molecule has 0 aliphatic carbocycles. The van der Waals surface area contributed by atoms with E-state index in [9.17, 15) is 9.18 Å². The molecule has 0 radical (unpaired) electrons. The number of amides is 2. The molecule has 140 valence electrons. The lowest BCUT2D eigenvalue weighted by Crippen LogP contribution is -2.33. The van der Waals surface area contributed by atoms with Crippen molar-refractivity contribution in [3.8, 4) is 11.7 Å². The number of methoxy groups -OCH3 is 1. The van der Waals surface area contributed by atoms with Crippen LogP contribution in [0.3, 0.4) is 0 Å². The van der Waals surface area contributed by atoms with Crippen LogP contribution in [0.25, 0.3) is 5.95 Å². The molecular formula is C16H15BrFN7O2. The van der Waals surface area contributed by atoms with Crippen LogP contribution in [0, 0.1) is 5.82 Å². The minimum Gasteiger partial charge on any atom is -0.495 e. The molecule has 1 atom stereocenters. The number of urea groups is 1. The SMILES string of the molecule is COc1cc(NC(=O)N[C@@H](C)c2ncnn2-c2ncccn2)c(F)cc1Br. The van der Waals surface area contributed by atoms with Crippen molar-refractivity contribution in [3.05, 3.63) is 53.0 Å². The van der Waals surface area contributed by atoms with Crippen molar-refractivity contribution in [1.82, 2.24) is 30.0 Å². The predicted molar refractivity (Wildman–Crippen MR) is 98.2 cm³/mol. The molecule has 2 amide bonds. The van der Waals surface area contributed by atoms with Crippen LogP contribution in [-0.4, -0.2) is 37.9 Å². The van der Waals surface area contributed by atoms with Gasteiger partial charge in [-0.1, -0.05) is 0 Å². The van der Waals surface area contributed by atoms with Gasteiger partial charge in [-0.3, -0.25) is 0 Å². The number of hydrogen-bond donors (Lipinski definition) is 2. The van der Waals surface area contributed by atoms with Crippen LogP contribution in [0.1, 0.15) is 18.8 Å². The second-order valence-electron chi connectivity index (χ2n) is 5.37. The van der Waals surface area contributed by atoms with Gasteiger partial charge in [0.2, 0.25) is 0 Å². The van der Waals surface area contributed by atoms with Crippen molar-refractivity contribution >= 4 is 27.6 Å². The van der Waals surface area contributed by atoms with Gasteiger partial charge in [0, 0.05) is 18.5 Å². The highest BCUT2D eigenvalue weighted by atomic mass is 79.9. The second-order valence-corrected chi connectivity index (χ2v) is 6.22. The van der Waals surface area contributed by atoms with Gasteiger partial charge in [0.05, 0.1) is 23.3 Å². The number of nitrogens with one attached hydrogen (secondary N) is 2. The molecule has 27 heavy (non-hydrogen) atoms. The Morgan fingerprint density at radius 3 is 2.74 bits per heavy atom. The summed E-state index contributed by atoms with van der Waals surface area (Å²) in [6.07, 6.45) is 4.48. The average molecular weight is 436 g/mol. The van der Waals surface area contributed by atoms with Crippen molar-refractivity contribution in [2.45, 2.75) is 13.0 Å². The largest absolute Gasteiger partial charge is 0.495 e. The summed E-state index contributed by atoms with van der Waals surface area (Å²) in [7, 11) is 1.45. The molecule has 1 aromatic carbocycles. The zero-order valence-corrected chi connectivity index (χ0v) is 15.9. The van der Waals surface area contributed by atoms with Crippen LogP contribution in [0.4, 0.5) is 14.9 Å². The lowest BCUT2D eigenvalue weighted by atomic mass is 10.3. The van der Waals surface area contributed by atoms with E-state index >= 15 is 0 Å². The van der Waals surface area contributed by atoms with Gasteiger partial charge < -0.3 is 15.4 Å². The number of halogens is 2. The van der Waals surface area contributed by atoms with Crippen molar-refractivity contribution in [1.29, 1.82) is 0 Å². The molecular weight excluding hydrogens is 421 g/mol. The molecule has 0 spiro atoms. The molecule has 2 aromatic heterocycles. The Bertz CT molecular complexity index is 951. The summed E-state index contributed by atoms with van der Waals surface area (Å²) in [5, 5.41) is 9.19. The molecule has 9 nitrogen and oxygen atoms in total.